The fourth-order valence-electron chi connectivity index (χ4n) is 1.76. The van der Waals surface area contributed by atoms with E-state index in [1.54, 1.807) is 24.3 Å². The number of benzene rings is 1. The van der Waals surface area contributed by atoms with Gasteiger partial charge in [-0.1, -0.05) is 23.4 Å². The highest BCUT2D eigenvalue weighted by Gasteiger charge is 2.12. The molecule has 0 bridgehead atoms. The molecule has 2 heterocycles. The minimum atomic E-state index is -0.440. The number of carbonyl (C=O) groups excluding carboxylic acids is 1. The molecule has 24 heavy (non-hydrogen) atoms. The first-order chi connectivity index (χ1) is 11.6. The van der Waals surface area contributed by atoms with Gasteiger partial charge in [0, 0.05) is 9.92 Å². The number of nitrogens with zero attached hydrogens (tertiary/aromatic N) is 2. The van der Waals surface area contributed by atoms with Crippen molar-refractivity contribution in [2.45, 2.75) is 9.92 Å². The monoisotopic (exact) mass is 361 g/mol. The number of amides is 1. The molecule has 3 aromatic rings. The quantitative estimate of drug-likeness (QED) is 0.473. The van der Waals surface area contributed by atoms with Crippen molar-refractivity contribution in [1.29, 1.82) is 0 Å². The number of aromatic nitrogens is 2. The van der Waals surface area contributed by atoms with E-state index in [2.05, 4.69) is 20.8 Å². The number of rotatable bonds is 5. The highest BCUT2D eigenvalue weighted by Crippen LogP contribution is 2.33. The van der Waals surface area contributed by atoms with Crippen LogP contribution in [0.4, 0.5) is 11.5 Å². The van der Waals surface area contributed by atoms with Crippen LogP contribution in [-0.4, -0.2) is 15.9 Å². The fraction of sp³-hybridized carbons (Fsp3) is 0. The lowest BCUT2D eigenvalue weighted by molar-refractivity contribution is 0.0935. The van der Waals surface area contributed by atoms with Crippen LogP contribution in [0.15, 0.2) is 63.3 Å². The number of furan rings is 1. The zero-order chi connectivity index (χ0) is 16.9. The van der Waals surface area contributed by atoms with Crippen molar-refractivity contribution in [3.8, 4) is 0 Å². The number of hydrogen-bond acceptors (Lipinski definition) is 7. The average Bonchev–Trinajstić information content (AvgIpc) is 3.12. The zero-order valence-electron chi connectivity index (χ0n) is 12.2. The molecule has 1 amide bonds. The Hall–Kier alpha value is -2.71. The molecule has 2 aromatic heterocycles. The summed E-state index contributed by atoms with van der Waals surface area (Å²) < 4.78 is 5.00. The van der Waals surface area contributed by atoms with E-state index in [0.29, 0.717) is 21.6 Å². The van der Waals surface area contributed by atoms with E-state index >= 15 is 0 Å². The van der Waals surface area contributed by atoms with E-state index in [1.165, 1.54) is 24.4 Å². The first-order valence-corrected chi connectivity index (χ1v) is 7.96. The summed E-state index contributed by atoms with van der Waals surface area (Å²) in [5.74, 6) is 0.0252. The molecule has 0 atom stereocenters. The Morgan fingerprint density at radius 2 is 2.00 bits per heavy atom. The molecule has 0 fully saturated rings. The van der Waals surface area contributed by atoms with Crippen molar-refractivity contribution in [2.24, 2.45) is 0 Å². The third-order valence-corrected chi connectivity index (χ3v) is 4.19. The molecule has 4 N–H and O–H groups in total. The SMILES string of the molecule is Nc1c(NNC(=O)c2ccco2)ncnc1Sc1ccc(Cl)cc1. The van der Waals surface area contributed by atoms with Crippen molar-refractivity contribution >= 4 is 40.8 Å². The van der Waals surface area contributed by atoms with Crippen molar-refractivity contribution in [3.63, 3.8) is 0 Å². The zero-order valence-corrected chi connectivity index (χ0v) is 13.8. The molecule has 1 aromatic carbocycles. The Bertz CT molecular complexity index is 840. The number of nitrogen functional groups attached to an aromatic ring is 1. The van der Waals surface area contributed by atoms with Crippen LogP contribution in [0.25, 0.3) is 0 Å². The van der Waals surface area contributed by atoms with Gasteiger partial charge in [0.25, 0.3) is 0 Å². The van der Waals surface area contributed by atoms with Crippen LogP contribution in [0.3, 0.4) is 0 Å². The molecule has 7 nitrogen and oxygen atoms in total. The van der Waals surface area contributed by atoms with Crippen LogP contribution in [0.2, 0.25) is 5.02 Å². The second kappa shape index (κ2) is 7.24. The summed E-state index contributed by atoms with van der Waals surface area (Å²) in [6, 6.07) is 10.5. The van der Waals surface area contributed by atoms with Crippen molar-refractivity contribution in [3.05, 3.63) is 59.8 Å². The smallest absolute Gasteiger partial charge is 0.305 e. The number of hydrogen-bond donors (Lipinski definition) is 3. The van der Waals surface area contributed by atoms with E-state index in [9.17, 15) is 4.79 Å². The summed E-state index contributed by atoms with van der Waals surface area (Å²) in [4.78, 5) is 20.9. The number of nitrogens with one attached hydrogen (secondary N) is 2. The van der Waals surface area contributed by atoms with Crippen LogP contribution in [0.5, 0.6) is 0 Å². The molecule has 0 spiro atoms. The van der Waals surface area contributed by atoms with Crippen molar-refractivity contribution in [2.75, 3.05) is 11.2 Å². The predicted molar refractivity (Wildman–Crippen MR) is 91.8 cm³/mol. The summed E-state index contributed by atoms with van der Waals surface area (Å²) in [7, 11) is 0. The third kappa shape index (κ3) is 3.79. The maximum absolute atomic E-state index is 11.8. The molecule has 0 unspecified atom stereocenters. The highest BCUT2D eigenvalue weighted by molar-refractivity contribution is 7.99. The fourth-order valence-corrected chi connectivity index (χ4v) is 2.69. The molecule has 3 rings (SSSR count). The summed E-state index contributed by atoms with van der Waals surface area (Å²) in [6.07, 6.45) is 2.77. The summed E-state index contributed by atoms with van der Waals surface area (Å²) in [5, 5.41) is 1.21. The molecule has 9 heteroatoms. The largest absolute Gasteiger partial charge is 0.459 e. The second-order valence-electron chi connectivity index (χ2n) is 4.55. The molecule has 0 aliphatic rings. The first kappa shape index (κ1) is 16.2. The molecule has 0 radical (unpaired) electrons. The number of anilines is 2. The maximum atomic E-state index is 11.8. The Morgan fingerprint density at radius 3 is 2.71 bits per heavy atom. The van der Waals surface area contributed by atoms with Gasteiger partial charge in [-0.3, -0.25) is 15.6 Å². The van der Waals surface area contributed by atoms with Gasteiger partial charge < -0.3 is 10.2 Å². The van der Waals surface area contributed by atoms with Gasteiger partial charge in [0.1, 0.15) is 17.0 Å². The van der Waals surface area contributed by atoms with Crippen LogP contribution in [0, 0.1) is 0 Å². The Balaban J connectivity index is 1.71. The standard InChI is InChI=1S/C15H12ClN5O2S/c16-9-3-5-10(6-4-9)24-15-12(17)13(18-8-19-15)20-21-14(22)11-2-1-7-23-11/h1-8H,17H2,(H,21,22)(H,18,19,20). The van der Waals surface area contributed by atoms with Gasteiger partial charge >= 0.3 is 5.91 Å². The van der Waals surface area contributed by atoms with Gasteiger partial charge in [0.2, 0.25) is 0 Å². The van der Waals surface area contributed by atoms with E-state index < -0.39 is 5.91 Å². The molecule has 0 saturated heterocycles. The van der Waals surface area contributed by atoms with E-state index in [1.807, 2.05) is 12.1 Å². The van der Waals surface area contributed by atoms with Gasteiger partial charge in [-0.25, -0.2) is 9.97 Å². The van der Waals surface area contributed by atoms with Gasteiger partial charge in [-0.2, -0.15) is 0 Å². The third-order valence-electron chi connectivity index (χ3n) is 2.91. The predicted octanol–water partition coefficient (Wildman–Crippen LogP) is 3.21. The topological polar surface area (TPSA) is 106 Å². The highest BCUT2D eigenvalue weighted by atomic mass is 35.5. The normalized spacial score (nSPS) is 10.4. The molecule has 0 saturated carbocycles. The first-order valence-electron chi connectivity index (χ1n) is 6.77. The number of carbonyl (C=O) groups is 1. The summed E-state index contributed by atoms with van der Waals surface area (Å²) in [5.41, 5.74) is 11.5. The van der Waals surface area contributed by atoms with Crippen molar-refractivity contribution < 1.29 is 9.21 Å². The van der Waals surface area contributed by atoms with Gasteiger partial charge in [0.05, 0.1) is 6.26 Å². The summed E-state index contributed by atoms with van der Waals surface area (Å²) in [6.45, 7) is 0. The summed E-state index contributed by atoms with van der Waals surface area (Å²) >= 11 is 7.23. The number of hydrazine groups is 1. The van der Waals surface area contributed by atoms with Gasteiger partial charge in [-0.05, 0) is 36.4 Å². The molecule has 0 aliphatic heterocycles. The van der Waals surface area contributed by atoms with E-state index in [-0.39, 0.29) is 5.76 Å². The van der Waals surface area contributed by atoms with E-state index in [4.69, 9.17) is 21.8 Å². The number of halogens is 1. The lowest BCUT2D eigenvalue weighted by Crippen LogP contribution is -2.30. The van der Waals surface area contributed by atoms with Gasteiger partial charge in [0.15, 0.2) is 11.6 Å². The maximum Gasteiger partial charge on any atom is 0.305 e. The molecular formula is C15H12ClN5O2S. The average molecular weight is 362 g/mol. The van der Waals surface area contributed by atoms with Crippen LogP contribution in [0.1, 0.15) is 10.6 Å². The number of nitrogens with two attached hydrogens (primary N) is 1. The molecular weight excluding hydrogens is 350 g/mol. The Morgan fingerprint density at radius 1 is 1.21 bits per heavy atom. The minimum absolute atomic E-state index is 0.172. The lowest BCUT2D eigenvalue weighted by atomic mass is 10.4. The lowest BCUT2D eigenvalue weighted by Gasteiger charge is -2.11. The van der Waals surface area contributed by atoms with Crippen LogP contribution < -0.4 is 16.6 Å². The van der Waals surface area contributed by atoms with Crippen LogP contribution >= 0.6 is 23.4 Å². The second-order valence-corrected chi connectivity index (χ2v) is 6.05. The van der Waals surface area contributed by atoms with Gasteiger partial charge in [-0.15, -0.1) is 0 Å². The van der Waals surface area contributed by atoms with E-state index in [0.717, 1.165) is 4.90 Å². The Labute approximate surface area is 146 Å². The molecule has 0 aliphatic carbocycles. The Kier molecular flexibility index (Phi) is 4.88. The minimum Gasteiger partial charge on any atom is -0.459 e. The van der Waals surface area contributed by atoms with Crippen LogP contribution in [-0.2, 0) is 0 Å². The van der Waals surface area contributed by atoms with Crippen molar-refractivity contribution in [1.82, 2.24) is 15.4 Å². The molecule has 122 valence electrons.